The number of sulfonamides is 1. The first-order chi connectivity index (χ1) is 11.0. The van der Waals surface area contributed by atoms with Crippen LogP contribution < -0.4 is 5.32 Å². The molecule has 23 heavy (non-hydrogen) atoms. The highest BCUT2D eigenvalue weighted by atomic mass is 79.9. The molecule has 5 nitrogen and oxygen atoms in total. The molecule has 2 heterocycles. The molecule has 2 aromatic rings. The van der Waals surface area contributed by atoms with Crippen molar-refractivity contribution in [3.63, 3.8) is 0 Å². The summed E-state index contributed by atoms with van der Waals surface area (Å²) in [5.74, 6) is -0.291. The second-order valence-corrected chi connectivity index (χ2v) is 9.19. The van der Waals surface area contributed by atoms with Gasteiger partial charge in [-0.15, -0.1) is 11.3 Å². The zero-order valence-corrected chi connectivity index (χ0v) is 15.3. The van der Waals surface area contributed by atoms with Crippen molar-refractivity contribution in [2.45, 2.75) is 23.1 Å². The second-order valence-electron chi connectivity index (χ2n) is 5.21. The number of anilines is 1. The van der Waals surface area contributed by atoms with Crippen LogP contribution in [0.1, 0.15) is 12.8 Å². The van der Waals surface area contributed by atoms with Crippen LogP contribution in [0.15, 0.2) is 50.5 Å². The highest BCUT2D eigenvalue weighted by Gasteiger charge is 2.39. The van der Waals surface area contributed by atoms with E-state index in [1.165, 1.54) is 15.6 Å². The monoisotopic (exact) mass is 414 g/mol. The normalized spacial score (nSPS) is 18.9. The van der Waals surface area contributed by atoms with Crippen molar-refractivity contribution in [2.75, 3.05) is 11.9 Å². The summed E-state index contributed by atoms with van der Waals surface area (Å²) in [6.45, 7) is 0.372. The molecule has 1 aromatic heterocycles. The van der Waals surface area contributed by atoms with Crippen LogP contribution in [0.5, 0.6) is 0 Å². The van der Waals surface area contributed by atoms with E-state index in [0.29, 0.717) is 25.1 Å². The molecule has 0 spiro atoms. The van der Waals surface area contributed by atoms with Crippen LogP contribution in [-0.2, 0) is 14.8 Å². The van der Waals surface area contributed by atoms with Gasteiger partial charge in [-0.1, -0.05) is 28.1 Å². The van der Waals surface area contributed by atoms with Gasteiger partial charge in [0.2, 0.25) is 5.91 Å². The third kappa shape index (κ3) is 3.50. The molecule has 0 aliphatic carbocycles. The summed E-state index contributed by atoms with van der Waals surface area (Å²) in [5, 5.41) is 4.52. The van der Waals surface area contributed by atoms with Crippen molar-refractivity contribution >= 4 is 48.9 Å². The van der Waals surface area contributed by atoms with Gasteiger partial charge in [0.05, 0.1) is 0 Å². The molecular weight excluding hydrogens is 400 g/mol. The fourth-order valence-electron chi connectivity index (χ4n) is 2.61. The summed E-state index contributed by atoms with van der Waals surface area (Å²) in [5.41, 5.74) is 0.643. The fourth-order valence-corrected chi connectivity index (χ4v) is 5.78. The van der Waals surface area contributed by atoms with E-state index in [-0.39, 0.29) is 10.1 Å². The van der Waals surface area contributed by atoms with Gasteiger partial charge in [-0.3, -0.25) is 4.79 Å². The van der Waals surface area contributed by atoms with Crippen LogP contribution in [0.25, 0.3) is 0 Å². The number of thiophene rings is 1. The van der Waals surface area contributed by atoms with Crippen molar-refractivity contribution in [1.82, 2.24) is 4.31 Å². The molecule has 0 bridgehead atoms. The topological polar surface area (TPSA) is 66.5 Å². The highest BCUT2D eigenvalue weighted by Crippen LogP contribution is 2.29. The minimum Gasteiger partial charge on any atom is -0.325 e. The molecule has 1 aliphatic rings. The maximum absolute atomic E-state index is 12.7. The van der Waals surface area contributed by atoms with Crippen molar-refractivity contribution in [2.24, 2.45) is 0 Å². The zero-order chi connectivity index (χ0) is 16.4. The Bertz CT molecular complexity index is 806. The lowest BCUT2D eigenvalue weighted by atomic mass is 10.2. The molecule has 3 rings (SSSR count). The number of hydrogen-bond donors (Lipinski definition) is 1. The van der Waals surface area contributed by atoms with Crippen LogP contribution in [0, 0.1) is 0 Å². The van der Waals surface area contributed by atoms with Gasteiger partial charge in [0.1, 0.15) is 10.3 Å². The molecule has 0 saturated carbocycles. The van der Waals surface area contributed by atoms with E-state index in [1.54, 1.807) is 29.6 Å². The molecule has 8 heteroatoms. The summed E-state index contributed by atoms with van der Waals surface area (Å²) < 4.78 is 27.8. The summed E-state index contributed by atoms with van der Waals surface area (Å²) in [7, 11) is -3.61. The fraction of sp³-hybridized carbons (Fsp3) is 0.267. The third-order valence-corrected chi connectivity index (χ3v) is 7.43. The molecule has 1 fully saturated rings. The molecule has 1 saturated heterocycles. The first-order valence-electron chi connectivity index (χ1n) is 7.10. The number of rotatable bonds is 4. The van der Waals surface area contributed by atoms with Gasteiger partial charge in [0.25, 0.3) is 10.0 Å². The number of amides is 1. The van der Waals surface area contributed by atoms with Crippen LogP contribution >= 0.6 is 27.3 Å². The SMILES string of the molecule is O=C(Nc1cccc(Br)c1)C1CCCN1S(=O)(=O)c1cccs1. The smallest absolute Gasteiger partial charge is 0.253 e. The second kappa shape index (κ2) is 6.72. The number of halogens is 1. The lowest BCUT2D eigenvalue weighted by Crippen LogP contribution is -2.42. The summed E-state index contributed by atoms with van der Waals surface area (Å²) >= 11 is 4.52. The highest BCUT2D eigenvalue weighted by molar-refractivity contribution is 9.10. The number of hydrogen-bond acceptors (Lipinski definition) is 4. The van der Waals surface area contributed by atoms with Crippen LogP contribution in [0.3, 0.4) is 0 Å². The van der Waals surface area contributed by atoms with Gasteiger partial charge in [0, 0.05) is 16.7 Å². The Balaban J connectivity index is 1.80. The summed E-state index contributed by atoms with van der Waals surface area (Å²) in [6.07, 6.45) is 1.21. The molecule has 122 valence electrons. The van der Waals surface area contributed by atoms with Gasteiger partial charge in [0.15, 0.2) is 0 Å². The minimum atomic E-state index is -3.61. The standard InChI is InChI=1S/C15H15BrN2O3S2/c16-11-4-1-5-12(10-11)17-15(19)13-6-2-8-18(13)23(20,21)14-7-3-9-22-14/h1,3-5,7,9-10,13H,2,6,8H2,(H,17,19). The van der Waals surface area contributed by atoms with Crippen molar-refractivity contribution in [1.29, 1.82) is 0 Å². The number of nitrogens with one attached hydrogen (secondary N) is 1. The number of carbonyl (C=O) groups excluding carboxylic acids is 1. The van der Waals surface area contributed by atoms with E-state index >= 15 is 0 Å². The Morgan fingerprint density at radius 3 is 2.83 bits per heavy atom. The minimum absolute atomic E-state index is 0.277. The largest absolute Gasteiger partial charge is 0.325 e. The molecule has 1 N–H and O–H groups in total. The number of nitrogens with zero attached hydrogens (tertiary/aromatic N) is 1. The molecular formula is C15H15BrN2O3S2. The average molecular weight is 415 g/mol. The number of carbonyl (C=O) groups is 1. The lowest BCUT2D eigenvalue weighted by Gasteiger charge is -2.22. The van der Waals surface area contributed by atoms with E-state index in [0.717, 1.165) is 4.47 Å². The first kappa shape index (κ1) is 16.6. The predicted molar refractivity (Wildman–Crippen MR) is 94.0 cm³/mol. The van der Waals surface area contributed by atoms with Crippen molar-refractivity contribution in [3.05, 3.63) is 46.3 Å². The molecule has 1 aliphatic heterocycles. The van der Waals surface area contributed by atoms with Gasteiger partial charge < -0.3 is 5.32 Å². The van der Waals surface area contributed by atoms with Gasteiger partial charge in [-0.05, 0) is 42.5 Å². The Labute approximate surface area is 147 Å². The Kier molecular flexibility index (Phi) is 4.86. The maximum Gasteiger partial charge on any atom is 0.253 e. The van der Waals surface area contributed by atoms with Crippen molar-refractivity contribution in [3.8, 4) is 0 Å². The third-order valence-electron chi connectivity index (χ3n) is 3.66. The Morgan fingerprint density at radius 1 is 1.30 bits per heavy atom. The summed E-state index contributed by atoms with van der Waals surface area (Å²) in [4.78, 5) is 12.5. The molecule has 1 unspecified atom stereocenters. The first-order valence-corrected chi connectivity index (χ1v) is 10.2. The quantitative estimate of drug-likeness (QED) is 0.834. The van der Waals surface area contributed by atoms with Gasteiger partial charge >= 0.3 is 0 Å². The number of benzene rings is 1. The molecule has 0 radical (unpaired) electrons. The van der Waals surface area contributed by atoms with Crippen molar-refractivity contribution < 1.29 is 13.2 Å². The van der Waals surface area contributed by atoms with Crippen LogP contribution in [-0.4, -0.2) is 31.2 Å². The van der Waals surface area contributed by atoms with Crippen LogP contribution in [0.4, 0.5) is 5.69 Å². The van der Waals surface area contributed by atoms with E-state index in [4.69, 9.17) is 0 Å². The molecule has 1 atom stereocenters. The Morgan fingerprint density at radius 2 is 2.13 bits per heavy atom. The lowest BCUT2D eigenvalue weighted by molar-refractivity contribution is -0.119. The van der Waals surface area contributed by atoms with Gasteiger partial charge in [-0.2, -0.15) is 4.31 Å². The predicted octanol–water partition coefficient (Wildman–Crippen LogP) is 3.30. The van der Waals surface area contributed by atoms with Gasteiger partial charge in [-0.25, -0.2) is 8.42 Å². The van der Waals surface area contributed by atoms with E-state index in [9.17, 15) is 13.2 Å². The average Bonchev–Trinajstić information content (AvgIpc) is 3.19. The molecule has 1 amide bonds. The maximum atomic E-state index is 12.7. The molecule has 1 aromatic carbocycles. The van der Waals surface area contributed by atoms with E-state index in [2.05, 4.69) is 21.2 Å². The Hall–Kier alpha value is -1.22. The summed E-state index contributed by atoms with van der Waals surface area (Å²) in [6, 6.07) is 9.83. The van der Waals surface area contributed by atoms with E-state index in [1.807, 2.05) is 12.1 Å². The van der Waals surface area contributed by atoms with E-state index < -0.39 is 16.1 Å². The zero-order valence-electron chi connectivity index (χ0n) is 12.1. The van der Waals surface area contributed by atoms with Crippen LogP contribution in [0.2, 0.25) is 0 Å².